The van der Waals surface area contributed by atoms with Gasteiger partial charge in [0.2, 0.25) is 10.0 Å². The van der Waals surface area contributed by atoms with Crippen LogP contribution >= 0.6 is 0 Å². The first-order valence-electron chi connectivity index (χ1n) is 5.53. The minimum atomic E-state index is -3.06. The van der Waals surface area contributed by atoms with Gasteiger partial charge in [-0.1, -0.05) is 0 Å². The lowest BCUT2D eigenvalue weighted by atomic mass is 10.2. The van der Waals surface area contributed by atoms with Gasteiger partial charge in [-0.3, -0.25) is 4.68 Å². The quantitative estimate of drug-likeness (QED) is 0.663. The van der Waals surface area contributed by atoms with Gasteiger partial charge in [-0.15, -0.1) is 0 Å². The van der Waals surface area contributed by atoms with E-state index in [1.54, 1.807) is 4.68 Å². The van der Waals surface area contributed by atoms with Crippen molar-refractivity contribution in [3.63, 3.8) is 0 Å². The summed E-state index contributed by atoms with van der Waals surface area (Å²) in [7, 11) is -1.16. The molecule has 6 nitrogen and oxygen atoms in total. The van der Waals surface area contributed by atoms with Crippen LogP contribution in [-0.4, -0.2) is 37.5 Å². The third-order valence-electron chi connectivity index (χ3n) is 2.33. The van der Waals surface area contributed by atoms with Gasteiger partial charge in [0.1, 0.15) is 0 Å². The molecule has 0 aliphatic carbocycles. The molecule has 0 atom stereocenters. The minimum absolute atomic E-state index is 0.470. The predicted molar refractivity (Wildman–Crippen MR) is 67.1 cm³/mol. The van der Waals surface area contributed by atoms with Gasteiger partial charge in [0.25, 0.3) is 0 Å². The lowest BCUT2D eigenvalue weighted by Crippen LogP contribution is -2.26. The molecule has 0 saturated carbocycles. The molecular formula is C10H20N4O2S. The molecule has 98 valence electrons. The Morgan fingerprint density at radius 1 is 1.41 bits per heavy atom. The molecule has 0 spiro atoms. The van der Waals surface area contributed by atoms with Crippen LogP contribution in [0.3, 0.4) is 0 Å². The Labute approximate surface area is 102 Å². The molecule has 0 aliphatic rings. The van der Waals surface area contributed by atoms with Crippen molar-refractivity contribution in [2.45, 2.75) is 19.9 Å². The molecule has 1 heterocycles. The van der Waals surface area contributed by atoms with E-state index in [2.05, 4.69) is 15.1 Å². The SMILES string of the molecule is Cc1nn(C)cc1CNCCCNS(C)(=O)=O. The van der Waals surface area contributed by atoms with E-state index >= 15 is 0 Å². The highest BCUT2D eigenvalue weighted by Gasteiger charge is 2.02. The van der Waals surface area contributed by atoms with Crippen molar-refractivity contribution >= 4 is 10.0 Å². The Kier molecular flexibility index (Phi) is 5.10. The van der Waals surface area contributed by atoms with Crippen LogP contribution in [0.1, 0.15) is 17.7 Å². The highest BCUT2D eigenvalue weighted by molar-refractivity contribution is 7.88. The Hall–Kier alpha value is -0.920. The standard InChI is InChI=1S/C10H20N4O2S/c1-9-10(8-14(2)13-9)7-11-5-4-6-12-17(3,15)16/h8,11-12H,4-7H2,1-3H3. The fourth-order valence-corrected chi connectivity index (χ4v) is 2.03. The second-order valence-corrected chi connectivity index (χ2v) is 5.94. The smallest absolute Gasteiger partial charge is 0.208 e. The maximum atomic E-state index is 10.8. The van der Waals surface area contributed by atoms with Gasteiger partial charge in [0.05, 0.1) is 11.9 Å². The van der Waals surface area contributed by atoms with Gasteiger partial charge in [0, 0.05) is 31.9 Å². The molecule has 1 aromatic heterocycles. The molecule has 0 amide bonds. The molecule has 0 bridgehead atoms. The number of aryl methyl sites for hydroxylation is 2. The van der Waals surface area contributed by atoms with Crippen molar-refractivity contribution in [1.82, 2.24) is 19.8 Å². The zero-order valence-electron chi connectivity index (χ0n) is 10.5. The summed E-state index contributed by atoms with van der Waals surface area (Å²) in [5.41, 5.74) is 2.19. The maximum absolute atomic E-state index is 10.8. The Morgan fingerprint density at radius 2 is 2.12 bits per heavy atom. The molecule has 0 unspecified atom stereocenters. The third-order valence-corrected chi connectivity index (χ3v) is 3.05. The summed E-state index contributed by atoms with van der Waals surface area (Å²) in [6.07, 6.45) is 3.92. The monoisotopic (exact) mass is 260 g/mol. The molecule has 0 fully saturated rings. The lowest BCUT2D eigenvalue weighted by molar-refractivity contribution is 0.579. The summed E-state index contributed by atoms with van der Waals surface area (Å²) < 4.78 is 25.8. The number of hydrogen-bond donors (Lipinski definition) is 2. The Morgan fingerprint density at radius 3 is 2.65 bits per heavy atom. The van der Waals surface area contributed by atoms with Gasteiger partial charge in [-0.05, 0) is 19.9 Å². The second kappa shape index (κ2) is 6.13. The summed E-state index contributed by atoms with van der Waals surface area (Å²) in [6.45, 7) is 3.98. The molecule has 1 rings (SSSR count). The van der Waals surface area contributed by atoms with E-state index in [4.69, 9.17) is 0 Å². The first-order valence-corrected chi connectivity index (χ1v) is 7.42. The predicted octanol–water partition coefficient (Wildman–Crippen LogP) is -0.243. The normalized spacial score (nSPS) is 11.9. The fourth-order valence-electron chi connectivity index (χ4n) is 1.52. The van der Waals surface area contributed by atoms with Crippen LogP contribution in [0.15, 0.2) is 6.20 Å². The van der Waals surface area contributed by atoms with Gasteiger partial charge in [-0.25, -0.2) is 13.1 Å². The topological polar surface area (TPSA) is 76.0 Å². The van der Waals surface area contributed by atoms with Crippen LogP contribution in [0, 0.1) is 6.92 Å². The van der Waals surface area contributed by atoms with E-state index in [0.717, 1.165) is 25.2 Å². The molecule has 0 radical (unpaired) electrons. The molecule has 17 heavy (non-hydrogen) atoms. The van der Waals surface area contributed by atoms with Crippen LogP contribution in [0.2, 0.25) is 0 Å². The first kappa shape index (κ1) is 14.1. The highest BCUT2D eigenvalue weighted by atomic mass is 32.2. The molecule has 2 N–H and O–H groups in total. The van der Waals surface area contributed by atoms with Crippen molar-refractivity contribution in [3.05, 3.63) is 17.5 Å². The van der Waals surface area contributed by atoms with Crippen molar-refractivity contribution < 1.29 is 8.42 Å². The molecular weight excluding hydrogens is 240 g/mol. The molecule has 0 aromatic carbocycles. The molecule has 0 saturated heterocycles. The summed E-state index contributed by atoms with van der Waals surface area (Å²) in [4.78, 5) is 0. The van der Waals surface area contributed by atoms with Crippen molar-refractivity contribution in [3.8, 4) is 0 Å². The van der Waals surface area contributed by atoms with Crippen LogP contribution in [-0.2, 0) is 23.6 Å². The zero-order chi connectivity index (χ0) is 12.9. The highest BCUT2D eigenvalue weighted by Crippen LogP contribution is 2.03. The van der Waals surface area contributed by atoms with Crippen LogP contribution < -0.4 is 10.0 Å². The summed E-state index contributed by atoms with van der Waals surface area (Å²) >= 11 is 0. The van der Waals surface area contributed by atoms with Crippen molar-refractivity contribution in [2.24, 2.45) is 7.05 Å². The number of aromatic nitrogens is 2. The third kappa shape index (κ3) is 5.81. The second-order valence-electron chi connectivity index (χ2n) is 4.11. The maximum Gasteiger partial charge on any atom is 0.208 e. The van der Waals surface area contributed by atoms with E-state index in [9.17, 15) is 8.42 Å². The summed E-state index contributed by atoms with van der Waals surface area (Å²) in [6, 6.07) is 0. The molecule has 7 heteroatoms. The average Bonchev–Trinajstić information content (AvgIpc) is 2.49. The van der Waals surface area contributed by atoms with E-state index in [-0.39, 0.29) is 0 Å². The Balaban J connectivity index is 2.15. The van der Waals surface area contributed by atoms with Crippen LogP contribution in [0.4, 0.5) is 0 Å². The zero-order valence-corrected chi connectivity index (χ0v) is 11.3. The van der Waals surface area contributed by atoms with Crippen molar-refractivity contribution in [1.29, 1.82) is 0 Å². The minimum Gasteiger partial charge on any atom is -0.312 e. The van der Waals surface area contributed by atoms with E-state index in [1.807, 2.05) is 20.2 Å². The van der Waals surface area contributed by atoms with Crippen LogP contribution in [0.25, 0.3) is 0 Å². The summed E-state index contributed by atoms with van der Waals surface area (Å²) in [5.74, 6) is 0. The number of hydrogen-bond acceptors (Lipinski definition) is 4. The van der Waals surface area contributed by atoms with E-state index < -0.39 is 10.0 Å². The first-order chi connectivity index (χ1) is 7.88. The molecule has 0 aliphatic heterocycles. The number of nitrogens with one attached hydrogen (secondary N) is 2. The van der Waals surface area contributed by atoms with E-state index in [0.29, 0.717) is 6.54 Å². The van der Waals surface area contributed by atoms with Crippen LogP contribution in [0.5, 0.6) is 0 Å². The molecule has 1 aromatic rings. The fraction of sp³-hybridized carbons (Fsp3) is 0.700. The van der Waals surface area contributed by atoms with E-state index in [1.165, 1.54) is 11.8 Å². The number of sulfonamides is 1. The van der Waals surface area contributed by atoms with Gasteiger partial charge >= 0.3 is 0 Å². The largest absolute Gasteiger partial charge is 0.312 e. The number of nitrogens with zero attached hydrogens (tertiary/aromatic N) is 2. The van der Waals surface area contributed by atoms with Crippen molar-refractivity contribution in [2.75, 3.05) is 19.3 Å². The van der Waals surface area contributed by atoms with Gasteiger partial charge < -0.3 is 5.32 Å². The Bertz CT molecular complexity index is 453. The van der Waals surface area contributed by atoms with Gasteiger partial charge in [0.15, 0.2) is 0 Å². The van der Waals surface area contributed by atoms with Gasteiger partial charge in [-0.2, -0.15) is 5.10 Å². The average molecular weight is 260 g/mol. The number of rotatable bonds is 7. The lowest BCUT2D eigenvalue weighted by Gasteiger charge is -2.04. The summed E-state index contributed by atoms with van der Waals surface area (Å²) in [5, 5.41) is 7.50.